The standard InChI is InChI=1S/C8H7N3O5/c9-8(14)10-5-1-4(7(12)13)2-6(3-5)11(15)16/h1-3H,(H,12,13)(H3,9,10,14). The fourth-order valence-corrected chi connectivity index (χ4v) is 1.05. The minimum absolute atomic E-state index is 0.0425. The predicted molar refractivity (Wildman–Crippen MR) is 53.3 cm³/mol. The van der Waals surface area contributed by atoms with Crippen molar-refractivity contribution in [2.75, 3.05) is 5.32 Å². The van der Waals surface area contributed by atoms with Gasteiger partial charge in [0, 0.05) is 12.1 Å². The molecule has 0 saturated carbocycles. The molecule has 1 aromatic carbocycles. The number of amides is 2. The first-order chi connectivity index (χ1) is 7.40. The fraction of sp³-hybridized carbons (Fsp3) is 0. The molecule has 84 valence electrons. The van der Waals surface area contributed by atoms with Crippen molar-refractivity contribution in [2.24, 2.45) is 5.73 Å². The van der Waals surface area contributed by atoms with Gasteiger partial charge in [0.05, 0.1) is 16.2 Å². The minimum Gasteiger partial charge on any atom is -0.478 e. The van der Waals surface area contributed by atoms with Gasteiger partial charge in [-0.25, -0.2) is 9.59 Å². The number of carbonyl (C=O) groups excluding carboxylic acids is 1. The highest BCUT2D eigenvalue weighted by Crippen LogP contribution is 2.20. The number of benzene rings is 1. The summed E-state index contributed by atoms with van der Waals surface area (Å²) in [6.45, 7) is 0. The number of nitrogens with zero attached hydrogens (tertiary/aromatic N) is 1. The van der Waals surface area contributed by atoms with Gasteiger partial charge >= 0.3 is 12.0 Å². The first-order valence-corrected chi connectivity index (χ1v) is 3.99. The molecule has 1 rings (SSSR count). The zero-order valence-electron chi connectivity index (χ0n) is 7.84. The molecule has 0 fully saturated rings. The number of nitrogens with one attached hydrogen (secondary N) is 1. The van der Waals surface area contributed by atoms with Gasteiger partial charge in [0.1, 0.15) is 0 Å². The fourth-order valence-electron chi connectivity index (χ4n) is 1.05. The number of aromatic carboxylic acids is 1. The van der Waals surface area contributed by atoms with Gasteiger partial charge in [-0.05, 0) is 6.07 Å². The quantitative estimate of drug-likeness (QED) is 0.515. The maximum Gasteiger partial charge on any atom is 0.336 e. The molecule has 0 heterocycles. The van der Waals surface area contributed by atoms with Gasteiger partial charge in [-0.1, -0.05) is 0 Å². The van der Waals surface area contributed by atoms with Crippen LogP contribution in [-0.2, 0) is 0 Å². The van der Waals surface area contributed by atoms with Gasteiger partial charge in [0.2, 0.25) is 0 Å². The van der Waals surface area contributed by atoms with E-state index in [9.17, 15) is 19.7 Å². The topological polar surface area (TPSA) is 136 Å². The third-order valence-electron chi connectivity index (χ3n) is 1.64. The van der Waals surface area contributed by atoms with Gasteiger partial charge in [-0.15, -0.1) is 0 Å². The molecular formula is C8H7N3O5. The Hall–Kier alpha value is -2.64. The molecule has 8 heteroatoms. The van der Waals surface area contributed by atoms with Crippen LogP contribution < -0.4 is 11.1 Å². The van der Waals surface area contributed by atoms with Crippen LogP contribution >= 0.6 is 0 Å². The molecule has 0 spiro atoms. The normalized spacial score (nSPS) is 9.50. The number of hydrogen-bond acceptors (Lipinski definition) is 4. The Labute approximate surface area is 88.8 Å². The van der Waals surface area contributed by atoms with E-state index in [1.165, 1.54) is 0 Å². The Morgan fingerprint density at radius 3 is 2.44 bits per heavy atom. The second kappa shape index (κ2) is 4.26. The summed E-state index contributed by atoms with van der Waals surface area (Å²) in [5, 5.41) is 21.2. The molecule has 2 amide bonds. The second-order valence-corrected chi connectivity index (χ2v) is 2.82. The van der Waals surface area contributed by atoms with Crippen LogP contribution in [0.5, 0.6) is 0 Å². The van der Waals surface area contributed by atoms with Crippen LogP contribution in [0.25, 0.3) is 0 Å². The van der Waals surface area contributed by atoms with Gasteiger partial charge in [-0.2, -0.15) is 0 Å². The highest BCUT2D eigenvalue weighted by Gasteiger charge is 2.14. The van der Waals surface area contributed by atoms with Crippen molar-refractivity contribution in [3.8, 4) is 0 Å². The summed E-state index contributed by atoms with van der Waals surface area (Å²) in [6, 6.07) is 2.03. The highest BCUT2D eigenvalue weighted by atomic mass is 16.6. The van der Waals surface area contributed by atoms with Crippen LogP contribution in [0.3, 0.4) is 0 Å². The Morgan fingerprint density at radius 1 is 1.38 bits per heavy atom. The van der Waals surface area contributed by atoms with Crippen molar-refractivity contribution in [3.63, 3.8) is 0 Å². The van der Waals surface area contributed by atoms with E-state index in [1.807, 2.05) is 0 Å². The summed E-state index contributed by atoms with van der Waals surface area (Å²) >= 11 is 0. The zero-order chi connectivity index (χ0) is 12.3. The van der Waals surface area contributed by atoms with Crippen LogP contribution in [0.15, 0.2) is 18.2 Å². The SMILES string of the molecule is NC(=O)Nc1cc(C(=O)O)cc([N+](=O)[O-])c1. The average Bonchev–Trinajstić information content (AvgIpc) is 2.15. The van der Waals surface area contributed by atoms with Crippen molar-refractivity contribution < 1.29 is 19.6 Å². The lowest BCUT2D eigenvalue weighted by atomic mass is 10.2. The van der Waals surface area contributed by atoms with Crippen LogP contribution in [0.4, 0.5) is 16.2 Å². The molecule has 0 aromatic heterocycles. The van der Waals surface area contributed by atoms with Gasteiger partial charge < -0.3 is 16.2 Å². The number of nitro groups is 1. The molecule has 0 unspecified atom stereocenters. The van der Waals surface area contributed by atoms with E-state index in [1.54, 1.807) is 0 Å². The van der Waals surface area contributed by atoms with Gasteiger partial charge in [0.25, 0.3) is 5.69 Å². The van der Waals surface area contributed by atoms with E-state index in [4.69, 9.17) is 10.8 Å². The molecule has 1 aromatic rings. The monoisotopic (exact) mass is 225 g/mol. The van der Waals surface area contributed by atoms with E-state index in [0.29, 0.717) is 0 Å². The molecule has 4 N–H and O–H groups in total. The number of carbonyl (C=O) groups is 2. The Kier molecular flexibility index (Phi) is 3.04. The summed E-state index contributed by atoms with van der Waals surface area (Å²) < 4.78 is 0. The number of carboxylic acid groups (broad SMARTS) is 1. The largest absolute Gasteiger partial charge is 0.478 e. The molecule has 0 aliphatic carbocycles. The first kappa shape index (κ1) is 11.4. The minimum atomic E-state index is -1.34. The molecular weight excluding hydrogens is 218 g/mol. The van der Waals surface area contributed by atoms with Crippen molar-refractivity contribution in [1.29, 1.82) is 0 Å². The summed E-state index contributed by atoms with van der Waals surface area (Å²) in [7, 11) is 0. The molecule has 0 saturated heterocycles. The van der Waals surface area contributed by atoms with Crippen molar-refractivity contribution >= 4 is 23.4 Å². The average molecular weight is 225 g/mol. The second-order valence-electron chi connectivity index (χ2n) is 2.82. The lowest BCUT2D eigenvalue weighted by Crippen LogP contribution is -2.19. The maximum atomic E-state index is 10.6. The van der Waals surface area contributed by atoms with Crippen molar-refractivity contribution in [2.45, 2.75) is 0 Å². The van der Waals surface area contributed by atoms with E-state index in [-0.39, 0.29) is 11.3 Å². The van der Waals surface area contributed by atoms with Crippen molar-refractivity contribution in [1.82, 2.24) is 0 Å². The molecule has 0 atom stereocenters. The van der Waals surface area contributed by atoms with Crippen molar-refractivity contribution in [3.05, 3.63) is 33.9 Å². The van der Waals surface area contributed by atoms with E-state index >= 15 is 0 Å². The van der Waals surface area contributed by atoms with E-state index < -0.39 is 22.6 Å². The lowest BCUT2D eigenvalue weighted by Gasteiger charge is -2.03. The molecule has 8 nitrogen and oxygen atoms in total. The Morgan fingerprint density at radius 2 is 2.00 bits per heavy atom. The number of primary amides is 1. The van der Waals surface area contributed by atoms with E-state index in [2.05, 4.69) is 5.32 Å². The molecule has 16 heavy (non-hydrogen) atoms. The lowest BCUT2D eigenvalue weighted by molar-refractivity contribution is -0.384. The number of nitrogens with two attached hydrogens (primary N) is 1. The third-order valence-corrected chi connectivity index (χ3v) is 1.64. The van der Waals surface area contributed by atoms with Crippen LogP contribution in [0.2, 0.25) is 0 Å². The number of rotatable bonds is 3. The number of hydrogen-bond donors (Lipinski definition) is 3. The number of non-ortho nitro benzene ring substituents is 1. The zero-order valence-corrected chi connectivity index (χ0v) is 7.84. The van der Waals surface area contributed by atoms with Gasteiger partial charge in [-0.3, -0.25) is 10.1 Å². The summed E-state index contributed by atoms with van der Waals surface area (Å²) in [5.74, 6) is -1.34. The number of nitro benzene ring substituents is 1. The summed E-state index contributed by atoms with van der Waals surface area (Å²) in [4.78, 5) is 30.9. The third kappa shape index (κ3) is 2.67. The maximum absolute atomic E-state index is 10.6. The predicted octanol–water partition coefficient (Wildman–Crippen LogP) is 0.784. The smallest absolute Gasteiger partial charge is 0.336 e. The van der Waals surface area contributed by atoms with Crippen LogP contribution in [-0.4, -0.2) is 22.0 Å². The number of carboxylic acids is 1. The first-order valence-electron chi connectivity index (χ1n) is 3.99. The van der Waals surface area contributed by atoms with Gasteiger partial charge in [0.15, 0.2) is 0 Å². The van der Waals surface area contributed by atoms with Crippen LogP contribution in [0.1, 0.15) is 10.4 Å². The summed E-state index contributed by atoms with van der Waals surface area (Å²) in [5.41, 5.74) is 4.02. The Bertz CT molecular complexity index is 438. The summed E-state index contributed by atoms with van der Waals surface area (Å²) in [6.07, 6.45) is 0. The molecule has 0 aliphatic heterocycles. The highest BCUT2D eigenvalue weighted by molar-refractivity contribution is 5.93. The number of anilines is 1. The molecule has 0 bridgehead atoms. The molecule has 0 radical (unpaired) electrons. The van der Waals surface area contributed by atoms with E-state index in [0.717, 1.165) is 18.2 Å². The van der Waals surface area contributed by atoms with Crippen LogP contribution in [0, 0.1) is 10.1 Å². The Balaban J connectivity index is 3.23. The molecule has 0 aliphatic rings. The number of urea groups is 1.